The first-order chi connectivity index (χ1) is 7.50. The number of benzene rings is 1. The Morgan fingerprint density at radius 2 is 2.06 bits per heavy atom. The molecule has 94 valence electrons. The topological polar surface area (TPSA) is 83.6 Å². The van der Waals surface area contributed by atoms with Crippen LogP contribution >= 0.6 is 28.3 Å². The Hall–Kier alpha value is -0.780. The maximum absolute atomic E-state index is 10.9. The molecule has 1 fully saturated rings. The summed E-state index contributed by atoms with van der Waals surface area (Å²) < 4.78 is 0.374. The van der Waals surface area contributed by atoms with Crippen LogP contribution in [0.3, 0.4) is 0 Å². The van der Waals surface area contributed by atoms with E-state index in [1.54, 1.807) is 0 Å². The SMILES string of the molecule is Cl.N[C@@H](c1cc(C(=O)O)cc(Br)c1O)C1CC1. The zero-order valence-electron chi connectivity index (χ0n) is 8.89. The summed E-state index contributed by atoms with van der Waals surface area (Å²) in [4.78, 5) is 10.9. The molecule has 0 spiro atoms. The molecule has 0 bridgehead atoms. The molecule has 1 atom stereocenters. The van der Waals surface area contributed by atoms with Crippen molar-refractivity contribution in [2.24, 2.45) is 11.7 Å². The van der Waals surface area contributed by atoms with Crippen molar-refractivity contribution in [3.8, 4) is 5.75 Å². The number of hydrogen-bond acceptors (Lipinski definition) is 3. The summed E-state index contributed by atoms with van der Waals surface area (Å²) in [5.41, 5.74) is 6.61. The summed E-state index contributed by atoms with van der Waals surface area (Å²) in [6.07, 6.45) is 2.07. The molecule has 0 amide bonds. The second-order valence-electron chi connectivity index (χ2n) is 4.06. The number of carbonyl (C=O) groups is 1. The Labute approximate surface area is 113 Å². The molecule has 0 saturated heterocycles. The molecule has 0 heterocycles. The van der Waals surface area contributed by atoms with Gasteiger partial charge in [0.15, 0.2) is 0 Å². The van der Waals surface area contributed by atoms with Gasteiger partial charge in [-0.15, -0.1) is 12.4 Å². The highest BCUT2D eigenvalue weighted by Gasteiger charge is 2.32. The Morgan fingerprint density at radius 1 is 1.47 bits per heavy atom. The van der Waals surface area contributed by atoms with Crippen molar-refractivity contribution in [1.82, 2.24) is 0 Å². The van der Waals surface area contributed by atoms with Gasteiger partial charge in [-0.05, 0) is 46.8 Å². The minimum atomic E-state index is -1.02. The van der Waals surface area contributed by atoms with E-state index in [0.29, 0.717) is 16.0 Å². The first-order valence-electron chi connectivity index (χ1n) is 5.02. The van der Waals surface area contributed by atoms with Crippen molar-refractivity contribution in [2.75, 3.05) is 0 Å². The Kier molecular flexibility index (Phi) is 4.41. The van der Waals surface area contributed by atoms with Crippen molar-refractivity contribution in [3.63, 3.8) is 0 Å². The van der Waals surface area contributed by atoms with E-state index >= 15 is 0 Å². The first kappa shape index (κ1) is 14.3. The number of carboxylic acid groups (broad SMARTS) is 1. The second kappa shape index (κ2) is 5.25. The van der Waals surface area contributed by atoms with E-state index in [1.165, 1.54) is 12.1 Å². The van der Waals surface area contributed by atoms with Gasteiger partial charge >= 0.3 is 5.97 Å². The van der Waals surface area contributed by atoms with Gasteiger partial charge in [0.2, 0.25) is 0 Å². The molecule has 0 aromatic heterocycles. The monoisotopic (exact) mass is 321 g/mol. The molecule has 1 aliphatic rings. The lowest BCUT2D eigenvalue weighted by Crippen LogP contribution is -2.13. The largest absolute Gasteiger partial charge is 0.506 e. The molecule has 1 aliphatic carbocycles. The van der Waals surface area contributed by atoms with E-state index in [1.807, 2.05) is 0 Å². The van der Waals surface area contributed by atoms with E-state index in [2.05, 4.69) is 15.9 Å². The molecule has 4 N–H and O–H groups in total. The van der Waals surface area contributed by atoms with Crippen LogP contribution < -0.4 is 5.73 Å². The number of rotatable bonds is 3. The number of phenols is 1. The maximum atomic E-state index is 10.9. The van der Waals surface area contributed by atoms with Crippen LogP contribution in [0.5, 0.6) is 5.75 Å². The number of aromatic hydroxyl groups is 1. The molecule has 0 radical (unpaired) electrons. The fraction of sp³-hybridized carbons (Fsp3) is 0.364. The molecule has 2 rings (SSSR count). The summed E-state index contributed by atoms with van der Waals surface area (Å²) in [5, 5.41) is 18.7. The zero-order valence-corrected chi connectivity index (χ0v) is 11.3. The van der Waals surface area contributed by atoms with Crippen molar-refractivity contribution < 1.29 is 15.0 Å². The molecular formula is C11H13BrClNO3. The summed E-state index contributed by atoms with van der Waals surface area (Å²) in [5.74, 6) is -0.615. The van der Waals surface area contributed by atoms with Crippen LogP contribution in [0.4, 0.5) is 0 Å². The minimum absolute atomic E-state index is 0. The lowest BCUT2D eigenvalue weighted by molar-refractivity contribution is 0.0696. The van der Waals surface area contributed by atoms with Crippen LogP contribution in [-0.4, -0.2) is 16.2 Å². The molecule has 0 aliphatic heterocycles. The Bertz CT molecular complexity index is 449. The molecule has 1 saturated carbocycles. The van der Waals surface area contributed by atoms with Crippen molar-refractivity contribution in [2.45, 2.75) is 18.9 Å². The van der Waals surface area contributed by atoms with Crippen LogP contribution in [-0.2, 0) is 0 Å². The molecule has 0 unspecified atom stereocenters. The Balaban J connectivity index is 0.00000144. The average molecular weight is 323 g/mol. The van der Waals surface area contributed by atoms with Crippen LogP contribution in [0, 0.1) is 5.92 Å². The standard InChI is InChI=1S/C11H12BrNO3.ClH/c12-8-4-6(11(15)16)3-7(10(8)14)9(13)5-1-2-5;/h3-5,9,14H,1-2,13H2,(H,15,16);1H/t9-;/m1./s1. The molecule has 1 aromatic carbocycles. The smallest absolute Gasteiger partial charge is 0.335 e. The Morgan fingerprint density at radius 3 is 2.53 bits per heavy atom. The van der Waals surface area contributed by atoms with E-state index in [-0.39, 0.29) is 29.8 Å². The zero-order chi connectivity index (χ0) is 11.9. The molecular weight excluding hydrogens is 309 g/mol. The molecule has 6 heteroatoms. The van der Waals surface area contributed by atoms with Gasteiger partial charge in [0.1, 0.15) is 5.75 Å². The third-order valence-electron chi connectivity index (χ3n) is 2.83. The number of hydrogen-bond donors (Lipinski definition) is 3. The van der Waals surface area contributed by atoms with Crippen LogP contribution in [0.2, 0.25) is 0 Å². The van der Waals surface area contributed by atoms with E-state index < -0.39 is 5.97 Å². The van der Waals surface area contributed by atoms with Gasteiger partial charge in [0.05, 0.1) is 10.0 Å². The summed E-state index contributed by atoms with van der Waals surface area (Å²) in [7, 11) is 0. The van der Waals surface area contributed by atoms with Gasteiger partial charge in [-0.3, -0.25) is 0 Å². The highest BCUT2D eigenvalue weighted by molar-refractivity contribution is 9.10. The van der Waals surface area contributed by atoms with Crippen molar-refractivity contribution in [3.05, 3.63) is 27.7 Å². The van der Waals surface area contributed by atoms with Gasteiger partial charge in [0, 0.05) is 11.6 Å². The van der Waals surface area contributed by atoms with Gasteiger partial charge in [-0.2, -0.15) is 0 Å². The van der Waals surface area contributed by atoms with Crippen molar-refractivity contribution >= 4 is 34.3 Å². The predicted molar refractivity (Wildman–Crippen MR) is 69.7 cm³/mol. The second-order valence-corrected chi connectivity index (χ2v) is 4.92. The quantitative estimate of drug-likeness (QED) is 0.799. The average Bonchev–Trinajstić information content (AvgIpc) is 3.04. The minimum Gasteiger partial charge on any atom is -0.506 e. The summed E-state index contributed by atoms with van der Waals surface area (Å²) in [6, 6.07) is 2.54. The number of carboxylic acids is 1. The predicted octanol–water partition coefficient (Wildman–Crippen LogP) is 2.68. The van der Waals surface area contributed by atoms with E-state index in [4.69, 9.17) is 10.8 Å². The fourth-order valence-electron chi connectivity index (χ4n) is 1.71. The van der Waals surface area contributed by atoms with Gasteiger partial charge in [-0.1, -0.05) is 0 Å². The summed E-state index contributed by atoms with van der Waals surface area (Å²) >= 11 is 3.13. The summed E-state index contributed by atoms with van der Waals surface area (Å²) in [6.45, 7) is 0. The van der Waals surface area contributed by atoms with Crippen LogP contribution in [0.25, 0.3) is 0 Å². The van der Waals surface area contributed by atoms with Crippen molar-refractivity contribution in [1.29, 1.82) is 0 Å². The van der Waals surface area contributed by atoms with Gasteiger partial charge in [-0.25, -0.2) is 4.79 Å². The van der Waals surface area contributed by atoms with Gasteiger partial charge < -0.3 is 15.9 Å². The highest BCUT2D eigenvalue weighted by atomic mass is 79.9. The van der Waals surface area contributed by atoms with Crippen LogP contribution in [0.1, 0.15) is 34.8 Å². The van der Waals surface area contributed by atoms with E-state index in [0.717, 1.165) is 12.8 Å². The fourth-order valence-corrected chi connectivity index (χ4v) is 2.18. The number of halogens is 2. The first-order valence-corrected chi connectivity index (χ1v) is 5.81. The van der Waals surface area contributed by atoms with E-state index in [9.17, 15) is 9.90 Å². The number of aromatic carboxylic acids is 1. The molecule has 17 heavy (non-hydrogen) atoms. The highest BCUT2D eigenvalue weighted by Crippen LogP contribution is 2.43. The normalized spacial score (nSPS) is 16.1. The third-order valence-corrected chi connectivity index (χ3v) is 3.43. The lowest BCUT2D eigenvalue weighted by Gasteiger charge is -2.14. The third kappa shape index (κ3) is 2.91. The lowest BCUT2D eigenvalue weighted by atomic mass is 10.00. The molecule has 4 nitrogen and oxygen atoms in total. The van der Waals surface area contributed by atoms with Crippen LogP contribution in [0.15, 0.2) is 16.6 Å². The maximum Gasteiger partial charge on any atom is 0.335 e. The van der Waals surface area contributed by atoms with Gasteiger partial charge in [0.25, 0.3) is 0 Å². The molecule has 1 aromatic rings. The number of nitrogens with two attached hydrogens (primary N) is 1. The number of phenolic OH excluding ortho intramolecular Hbond substituents is 1.